The molecule has 0 radical (unpaired) electrons. The van der Waals surface area contributed by atoms with Crippen molar-refractivity contribution in [3.63, 3.8) is 0 Å². The lowest BCUT2D eigenvalue weighted by Gasteiger charge is -2.36. The van der Waals surface area contributed by atoms with E-state index >= 15 is 0 Å². The van der Waals surface area contributed by atoms with E-state index in [-0.39, 0.29) is 46.4 Å². The second kappa shape index (κ2) is 12.6. The first-order valence-corrected chi connectivity index (χ1v) is 16.9. The lowest BCUT2D eigenvalue weighted by atomic mass is 10.1. The van der Waals surface area contributed by atoms with Crippen molar-refractivity contribution in [2.45, 2.75) is 74.8 Å². The molecule has 2 aromatic carbocycles. The largest absolute Gasteiger partial charge is 0.486 e. The molecule has 4 rings (SSSR count). The number of nitrogens with zero attached hydrogens (tertiary/aromatic N) is 1. The van der Waals surface area contributed by atoms with Crippen LogP contribution in [0.4, 0.5) is 23.2 Å². The summed E-state index contributed by atoms with van der Waals surface area (Å²) < 4.78 is 123. The highest BCUT2D eigenvalue weighted by Gasteiger charge is 2.50. The van der Waals surface area contributed by atoms with Gasteiger partial charge in [-0.2, -0.15) is 13.2 Å². The van der Waals surface area contributed by atoms with Gasteiger partial charge in [0, 0.05) is 6.61 Å². The molecule has 0 aliphatic carbocycles. The molecule has 0 spiro atoms. The van der Waals surface area contributed by atoms with Crippen LogP contribution in [0.3, 0.4) is 0 Å². The van der Waals surface area contributed by atoms with Gasteiger partial charge in [-0.1, -0.05) is 6.07 Å². The van der Waals surface area contributed by atoms with Gasteiger partial charge in [0.25, 0.3) is 10.0 Å². The minimum absolute atomic E-state index is 0.0144. The predicted molar refractivity (Wildman–Crippen MR) is 149 cm³/mol. The molecule has 238 valence electrons. The van der Waals surface area contributed by atoms with Crippen molar-refractivity contribution >= 4 is 31.5 Å². The van der Waals surface area contributed by atoms with Crippen molar-refractivity contribution in [2.24, 2.45) is 0 Å². The van der Waals surface area contributed by atoms with Gasteiger partial charge in [0.05, 0.1) is 41.2 Å². The molecule has 1 unspecified atom stereocenters. The van der Waals surface area contributed by atoms with Crippen molar-refractivity contribution in [1.29, 1.82) is 0 Å². The fraction of sp³-hybridized carbons (Fsp3) is 0.536. The van der Waals surface area contributed by atoms with Gasteiger partial charge < -0.3 is 14.2 Å². The Bertz CT molecular complexity index is 1520. The summed E-state index contributed by atoms with van der Waals surface area (Å²) in [5.74, 6) is -2.22. The highest BCUT2D eigenvalue weighted by Crippen LogP contribution is 2.39. The summed E-state index contributed by atoms with van der Waals surface area (Å²) in [7, 11) is -7.90. The first-order valence-electron chi connectivity index (χ1n) is 13.7. The molecule has 9 nitrogen and oxygen atoms in total. The second-order valence-electron chi connectivity index (χ2n) is 11.1. The van der Waals surface area contributed by atoms with Crippen molar-refractivity contribution in [3.05, 3.63) is 53.8 Å². The molecule has 0 bridgehead atoms. The number of benzene rings is 2. The van der Waals surface area contributed by atoms with Gasteiger partial charge in [0.2, 0.25) is 5.60 Å². The number of carbonyl (C=O) groups excluding carboxylic acids is 1. The molecule has 2 aromatic rings. The lowest BCUT2D eigenvalue weighted by molar-refractivity contribution is -0.257. The van der Waals surface area contributed by atoms with Crippen LogP contribution in [0.2, 0.25) is 0 Å². The predicted octanol–water partition coefficient (Wildman–Crippen LogP) is 4.58. The Balaban J connectivity index is 1.58. The SMILES string of the molecule is CC(C)(OC(=O)Cc1ccc2c(c1)N(S(=O)(=O)c1ccc(F)cc1)C[C@H](CCS(=O)(=O)CC1CCCCO1)O2)C(F)(F)F. The van der Waals surface area contributed by atoms with Crippen LogP contribution in [0.15, 0.2) is 47.4 Å². The number of anilines is 1. The third-order valence-corrected chi connectivity index (χ3v) is 10.8. The summed E-state index contributed by atoms with van der Waals surface area (Å²) in [6, 6.07) is 8.11. The van der Waals surface area contributed by atoms with E-state index in [1.54, 1.807) is 0 Å². The number of rotatable bonds is 10. The molecule has 2 heterocycles. The average Bonchev–Trinajstić information content (AvgIpc) is 2.91. The van der Waals surface area contributed by atoms with E-state index in [0.29, 0.717) is 26.9 Å². The van der Waals surface area contributed by atoms with E-state index in [0.717, 1.165) is 41.4 Å². The van der Waals surface area contributed by atoms with Crippen molar-refractivity contribution in [2.75, 3.05) is 29.0 Å². The topological polar surface area (TPSA) is 116 Å². The first-order chi connectivity index (χ1) is 20.0. The van der Waals surface area contributed by atoms with Crippen molar-refractivity contribution in [3.8, 4) is 5.75 Å². The molecule has 1 saturated heterocycles. The fourth-order valence-corrected chi connectivity index (χ4v) is 7.86. The maximum Gasteiger partial charge on any atom is 0.427 e. The quantitative estimate of drug-likeness (QED) is 0.271. The number of sulfonamides is 1. The standard InChI is InChI=1S/C28H33F4NO8S2/c1-27(2,28(30,31)32)41-26(34)16-19-6-11-25-24(15-19)33(43(37,38)23-9-7-20(29)8-10-23)17-21(40-25)12-14-42(35,36)18-22-5-3-4-13-39-22/h6-11,15,21-22H,3-5,12-14,16-18H2,1-2H3/t21-,22?/m0/s1. The van der Waals surface area contributed by atoms with Gasteiger partial charge in [-0.3, -0.25) is 9.10 Å². The van der Waals surface area contributed by atoms with Gasteiger partial charge in [-0.05, 0) is 81.5 Å². The van der Waals surface area contributed by atoms with Gasteiger partial charge >= 0.3 is 12.1 Å². The number of hydrogen-bond acceptors (Lipinski definition) is 8. The lowest BCUT2D eigenvalue weighted by Crippen LogP contribution is -2.44. The fourth-order valence-electron chi connectivity index (χ4n) is 4.74. The van der Waals surface area contributed by atoms with Crippen LogP contribution in [0.1, 0.15) is 45.1 Å². The maximum atomic E-state index is 13.7. The summed E-state index contributed by atoms with van der Waals surface area (Å²) in [5, 5.41) is 0. The highest BCUT2D eigenvalue weighted by molar-refractivity contribution is 7.93. The smallest absolute Gasteiger partial charge is 0.427 e. The minimum Gasteiger partial charge on any atom is -0.486 e. The minimum atomic E-state index is -4.81. The molecule has 2 aliphatic heterocycles. The summed E-state index contributed by atoms with van der Waals surface area (Å²) in [4.78, 5) is 12.1. The molecule has 1 fully saturated rings. The van der Waals surface area contributed by atoms with Gasteiger partial charge in [-0.25, -0.2) is 21.2 Å². The number of alkyl halides is 3. The summed E-state index contributed by atoms with van der Waals surface area (Å²) in [5.41, 5.74) is -2.60. The van der Waals surface area contributed by atoms with Gasteiger partial charge in [-0.15, -0.1) is 0 Å². The van der Waals surface area contributed by atoms with Crippen LogP contribution in [0.25, 0.3) is 0 Å². The monoisotopic (exact) mass is 651 g/mol. The van der Waals surface area contributed by atoms with Crippen LogP contribution >= 0.6 is 0 Å². The first kappa shape index (κ1) is 33.0. The van der Waals surface area contributed by atoms with Gasteiger partial charge in [0.1, 0.15) is 17.7 Å². The van der Waals surface area contributed by atoms with Crippen LogP contribution in [0, 0.1) is 5.82 Å². The van der Waals surface area contributed by atoms with Crippen molar-refractivity contribution in [1.82, 2.24) is 0 Å². The normalized spacial score (nSPS) is 19.8. The Hall–Kier alpha value is -2.91. The molecule has 2 aliphatic rings. The van der Waals surface area contributed by atoms with Gasteiger partial charge in [0.15, 0.2) is 9.84 Å². The van der Waals surface area contributed by atoms with E-state index < -0.39 is 62.1 Å². The van der Waals surface area contributed by atoms with Crippen LogP contribution < -0.4 is 9.04 Å². The van der Waals surface area contributed by atoms with E-state index in [1.165, 1.54) is 18.2 Å². The van der Waals surface area contributed by atoms with Crippen LogP contribution in [-0.2, 0) is 40.5 Å². The molecule has 43 heavy (non-hydrogen) atoms. The number of halogens is 4. The zero-order chi connectivity index (χ0) is 31.6. The zero-order valence-electron chi connectivity index (χ0n) is 23.6. The van der Waals surface area contributed by atoms with E-state index in [2.05, 4.69) is 4.74 Å². The average molecular weight is 652 g/mol. The Labute approximate surface area is 248 Å². The Morgan fingerprint density at radius 1 is 1.02 bits per heavy atom. The molecular weight excluding hydrogens is 618 g/mol. The molecule has 0 aromatic heterocycles. The Kier molecular flexibility index (Phi) is 9.67. The Morgan fingerprint density at radius 3 is 2.35 bits per heavy atom. The summed E-state index contributed by atoms with van der Waals surface area (Å²) in [6.45, 7) is 1.62. The third-order valence-electron chi connectivity index (χ3n) is 7.22. The number of hydrogen-bond donors (Lipinski definition) is 0. The summed E-state index contributed by atoms with van der Waals surface area (Å²) in [6.07, 6.45) is -4.33. The number of sulfone groups is 1. The van der Waals surface area contributed by atoms with E-state index in [9.17, 15) is 39.2 Å². The van der Waals surface area contributed by atoms with Crippen molar-refractivity contribution < 1.29 is 53.4 Å². The maximum absolute atomic E-state index is 13.7. The third kappa shape index (κ3) is 8.18. The van der Waals surface area contributed by atoms with E-state index in [4.69, 9.17) is 9.47 Å². The molecule has 0 amide bonds. The van der Waals surface area contributed by atoms with Crippen LogP contribution in [-0.4, -0.2) is 71.4 Å². The molecule has 2 atom stereocenters. The molecule has 0 saturated carbocycles. The Morgan fingerprint density at radius 2 is 1.72 bits per heavy atom. The zero-order valence-corrected chi connectivity index (χ0v) is 25.2. The number of esters is 1. The number of fused-ring (bicyclic) bond motifs is 1. The number of ether oxygens (including phenoxy) is 3. The second-order valence-corrected chi connectivity index (χ2v) is 15.2. The molecule has 15 heteroatoms. The highest BCUT2D eigenvalue weighted by atomic mass is 32.2. The molecule has 0 N–H and O–H groups in total. The number of carbonyl (C=O) groups is 1. The van der Waals surface area contributed by atoms with Crippen LogP contribution in [0.5, 0.6) is 5.75 Å². The molecular formula is C28H33F4NO8S2. The van der Waals surface area contributed by atoms with E-state index in [1.807, 2.05) is 0 Å². The summed E-state index contributed by atoms with van der Waals surface area (Å²) >= 11 is 0.